The minimum atomic E-state index is -0.0204. The average Bonchev–Trinajstić information content (AvgIpc) is 2.33. The zero-order valence-electron chi connectivity index (χ0n) is 9.56. The first-order chi connectivity index (χ1) is 7.86. The van der Waals surface area contributed by atoms with Gasteiger partial charge in [0.2, 0.25) is 0 Å². The molecule has 88 valence electrons. The van der Waals surface area contributed by atoms with E-state index >= 15 is 0 Å². The molecule has 0 spiro atoms. The van der Waals surface area contributed by atoms with E-state index in [-0.39, 0.29) is 5.56 Å². The van der Waals surface area contributed by atoms with Crippen LogP contribution in [0.3, 0.4) is 0 Å². The molecule has 4 nitrogen and oxygen atoms in total. The molecule has 1 heterocycles. The van der Waals surface area contributed by atoms with Crippen molar-refractivity contribution in [2.24, 2.45) is 0 Å². The monoisotopic (exact) mass is 221 g/mol. The quantitative estimate of drug-likeness (QED) is 0.830. The molecule has 0 bridgehead atoms. The van der Waals surface area contributed by atoms with Crippen LogP contribution in [0.25, 0.3) is 0 Å². The van der Waals surface area contributed by atoms with E-state index in [4.69, 9.17) is 0 Å². The number of nitrogens with zero attached hydrogens (tertiary/aromatic N) is 2. The lowest BCUT2D eigenvalue weighted by atomic mass is 9.95. The van der Waals surface area contributed by atoms with Crippen molar-refractivity contribution in [3.8, 4) is 0 Å². The highest BCUT2D eigenvalue weighted by molar-refractivity contribution is 4.84. The Balaban J connectivity index is 1.75. The Morgan fingerprint density at radius 2 is 2.19 bits per heavy atom. The number of nitrogens with one attached hydrogen (secondary N) is 1. The molecule has 2 rings (SSSR count). The van der Waals surface area contributed by atoms with E-state index in [1.807, 2.05) is 0 Å². The van der Waals surface area contributed by atoms with Gasteiger partial charge < -0.3 is 5.32 Å². The summed E-state index contributed by atoms with van der Waals surface area (Å²) < 4.78 is 1.51. The molecule has 0 aliphatic heterocycles. The SMILES string of the molecule is O=c1cccnn1CCNC1CCCCC1. The van der Waals surface area contributed by atoms with Gasteiger partial charge in [0, 0.05) is 24.8 Å². The van der Waals surface area contributed by atoms with Crippen molar-refractivity contribution in [2.45, 2.75) is 44.7 Å². The van der Waals surface area contributed by atoms with E-state index in [1.165, 1.54) is 36.8 Å². The Morgan fingerprint density at radius 1 is 1.38 bits per heavy atom. The molecule has 16 heavy (non-hydrogen) atoms. The molecule has 1 N–H and O–H groups in total. The highest BCUT2D eigenvalue weighted by Gasteiger charge is 2.11. The minimum Gasteiger partial charge on any atom is -0.312 e. The van der Waals surface area contributed by atoms with Crippen LogP contribution in [0, 0.1) is 0 Å². The van der Waals surface area contributed by atoms with E-state index in [9.17, 15) is 4.79 Å². The number of hydrogen-bond acceptors (Lipinski definition) is 3. The molecular formula is C12H19N3O. The maximum atomic E-state index is 11.4. The topological polar surface area (TPSA) is 46.9 Å². The highest BCUT2D eigenvalue weighted by atomic mass is 16.1. The van der Waals surface area contributed by atoms with Crippen LogP contribution in [-0.4, -0.2) is 22.4 Å². The third-order valence-electron chi connectivity index (χ3n) is 3.15. The van der Waals surface area contributed by atoms with Crippen LogP contribution in [0.2, 0.25) is 0 Å². The van der Waals surface area contributed by atoms with Gasteiger partial charge in [-0.15, -0.1) is 0 Å². The van der Waals surface area contributed by atoms with Crippen molar-refractivity contribution in [3.63, 3.8) is 0 Å². The standard InChI is InChI=1S/C12H19N3O/c16-12-7-4-8-14-15(12)10-9-13-11-5-2-1-3-6-11/h4,7-8,11,13H,1-3,5-6,9-10H2. The zero-order valence-corrected chi connectivity index (χ0v) is 9.56. The molecule has 1 fully saturated rings. The third-order valence-corrected chi connectivity index (χ3v) is 3.15. The first kappa shape index (κ1) is 11.3. The number of hydrogen-bond donors (Lipinski definition) is 1. The second kappa shape index (κ2) is 5.80. The van der Waals surface area contributed by atoms with Gasteiger partial charge in [0.1, 0.15) is 0 Å². The van der Waals surface area contributed by atoms with Crippen LogP contribution in [0.15, 0.2) is 23.1 Å². The van der Waals surface area contributed by atoms with E-state index in [0.29, 0.717) is 12.6 Å². The van der Waals surface area contributed by atoms with Crippen LogP contribution in [-0.2, 0) is 6.54 Å². The van der Waals surface area contributed by atoms with E-state index in [1.54, 1.807) is 18.3 Å². The summed E-state index contributed by atoms with van der Waals surface area (Å²) in [5, 5.41) is 7.52. The molecule has 0 aromatic carbocycles. The first-order valence-electron chi connectivity index (χ1n) is 6.12. The molecule has 0 unspecified atom stereocenters. The van der Waals surface area contributed by atoms with Gasteiger partial charge in [-0.25, -0.2) is 4.68 Å². The van der Waals surface area contributed by atoms with Gasteiger partial charge in [-0.05, 0) is 18.9 Å². The molecule has 0 saturated heterocycles. The Hall–Kier alpha value is -1.16. The summed E-state index contributed by atoms with van der Waals surface area (Å²) in [6.07, 6.45) is 8.25. The van der Waals surface area contributed by atoms with Crippen molar-refractivity contribution in [1.82, 2.24) is 15.1 Å². The summed E-state index contributed by atoms with van der Waals surface area (Å²) in [6.45, 7) is 1.50. The summed E-state index contributed by atoms with van der Waals surface area (Å²) in [5.41, 5.74) is -0.0204. The van der Waals surface area contributed by atoms with Crippen molar-refractivity contribution < 1.29 is 0 Å². The molecule has 0 amide bonds. The second-order valence-electron chi connectivity index (χ2n) is 4.37. The van der Waals surface area contributed by atoms with Gasteiger partial charge in [0.25, 0.3) is 5.56 Å². The molecular weight excluding hydrogens is 202 g/mol. The Morgan fingerprint density at radius 3 is 2.94 bits per heavy atom. The maximum Gasteiger partial charge on any atom is 0.266 e. The van der Waals surface area contributed by atoms with Gasteiger partial charge in [-0.1, -0.05) is 19.3 Å². The maximum absolute atomic E-state index is 11.4. The summed E-state index contributed by atoms with van der Waals surface area (Å²) in [6, 6.07) is 3.87. The zero-order chi connectivity index (χ0) is 11.2. The fraction of sp³-hybridized carbons (Fsp3) is 0.667. The normalized spacial score (nSPS) is 17.5. The summed E-state index contributed by atoms with van der Waals surface area (Å²) in [4.78, 5) is 11.4. The lowest BCUT2D eigenvalue weighted by Gasteiger charge is -2.22. The summed E-state index contributed by atoms with van der Waals surface area (Å²) in [5.74, 6) is 0. The smallest absolute Gasteiger partial charge is 0.266 e. The minimum absolute atomic E-state index is 0.0204. The number of rotatable bonds is 4. The van der Waals surface area contributed by atoms with Crippen molar-refractivity contribution in [3.05, 3.63) is 28.7 Å². The lowest BCUT2D eigenvalue weighted by molar-refractivity contribution is 0.363. The fourth-order valence-corrected chi connectivity index (χ4v) is 2.24. The molecule has 1 aromatic rings. The van der Waals surface area contributed by atoms with Crippen LogP contribution < -0.4 is 10.9 Å². The van der Waals surface area contributed by atoms with E-state index in [0.717, 1.165) is 6.54 Å². The lowest BCUT2D eigenvalue weighted by Crippen LogP contribution is -2.35. The molecule has 1 aliphatic rings. The molecule has 4 heteroatoms. The Bertz CT molecular complexity index is 369. The molecule has 1 aliphatic carbocycles. The van der Waals surface area contributed by atoms with Crippen molar-refractivity contribution >= 4 is 0 Å². The van der Waals surface area contributed by atoms with Crippen molar-refractivity contribution in [1.29, 1.82) is 0 Å². The van der Waals surface area contributed by atoms with Gasteiger partial charge >= 0.3 is 0 Å². The van der Waals surface area contributed by atoms with Crippen molar-refractivity contribution in [2.75, 3.05) is 6.54 Å². The molecule has 1 aromatic heterocycles. The molecule has 0 radical (unpaired) electrons. The second-order valence-corrected chi connectivity index (χ2v) is 4.37. The van der Waals surface area contributed by atoms with Crippen LogP contribution in [0.4, 0.5) is 0 Å². The van der Waals surface area contributed by atoms with E-state index < -0.39 is 0 Å². The third kappa shape index (κ3) is 3.17. The largest absolute Gasteiger partial charge is 0.312 e. The predicted octanol–water partition coefficient (Wildman–Crippen LogP) is 1.17. The van der Waals surface area contributed by atoms with Crippen LogP contribution in [0.1, 0.15) is 32.1 Å². The van der Waals surface area contributed by atoms with Gasteiger partial charge in [-0.2, -0.15) is 5.10 Å². The van der Waals surface area contributed by atoms with Gasteiger partial charge in [0.05, 0.1) is 6.54 Å². The Labute approximate surface area is 95.7 Å². The van der Waals surface area contributed by atoms with E-state index in [2.05, 4.69) is 10.4 Å². The van der Waals surface area contributed by atoms with Gasteiger partial charge in [0.15, 0.2) is 0 Å². The highest BCUT2D eigenvalue weighted by Crippen LogP contribution is 2.16. The predicted molar refractivity (Wildman–Crippen MR) is 63.4 cm³/mol. The van der Waals surface area contributed by atoms with Crippen LogP contribution >= 0.6 is 0 Å². The number of aromatic nitrogens is 2. The fourth-order valence-electron chi connectivity index (χ4n) is 2.24. The first-order valence-corrected chi connectivity index (χ1v) is 6.12. The summed E-state index contributed by atoms with van der Waals surface area (Å²) >= 11 is 0. The van der Waals surface area contributed by atoms with Crippen LogP contribution in [0.5, 0.6) is 0 Å². The Kier molecular flexibility index (Phi) is 4.10. The molecule has 0 atom stereocenters. The average molecular weight is 221 g/mol. The van der Waals surface area contributed by atoms with Gasteiger partial charge in [-0.3, -0.25) is 4.79 Å². The summed E-state index contributed by atoms with van der Waals surface area (Å²) in [7, 11) is 0. The molecule has 1 saturated carbocycles.